The van der Waals surface area contributed by atoms with Crippen molar-refractivity contribution in [3.8, 4) is 5.75 Å². The Morgan fingerprint density at radius 1 is 1.45 bits per heavy atom. The van der Waals surface area contributed by atoms with Crippen LogP contribution in [0, 0.1) is 5.92 Å². The average Bonchev–Trinajstić information content (AvgIpc) is 2.48. The Hall–Kier alpha value is -0.970. The molecule has 6 heteroatoms. The van der Waals surface area contributed by atoms with Crippen LogP contribution < -0.4 is 15.4 Å². The summed E-state index contributed by atoms with van der Waals surface area (Å²) in [6.45, 7) is 4.54. The zero-order valence-electron chi connectivity index (χ0n) is 12.7. The quantitative estimate of drug-likeness (QED) is 0.778. The van der Waals surface area contributed by atoms with E-state index < -0.39 is 0 Å². The molecule has 1 aliphatic heterocycles. The first-order valence-corrected chi connectivity index (χ1v) is 8.40. The van der Waals surface area contributed by atoms with Crippen molar-refractivity contribution in [2.75, 3.05) is 19.7 Å². The molecule has 0 bridgehead atoms. The van der Waals surface area contributed by atoms with E-state index in [0.29, 0.717) is 41.2 Å². The third-order valence-electron chi connectivity index (χ3n) is 3.83. The molecule has 1 aromatic carbocycles. The summed E-state index contributed by atoms with van der Waals surface area (Å²) in [6, 6.07) is 5.39. The predicted molar refractivity (Wildman–Crippen MR) is 89.8 cm³/mol. The summed E-state index contributed by atoms with van der Waals surface area (Å²) in [5, 5.41) is 7.50. The number of ether oxygens (including phenoxy) is 1. The second-order valence-corrected chi connectivity index (χ2v) is 6.51. The van der Waals surface area contributed by atoms with Crippen molar-refractivity contribution < 1.29 is 9.53 Å². The molecule has 0 spiro atoms. The maximum absolute atomic E-state index is 11.9. The number of carbonyl (C=O) groups is 1. The normalized spacial score (nSPS) is 21.4. The van der Waals surface area contributed by atoms with Crippen molar-refractivity contribution in [3.05, 3.63) is 28.2 Å². The molecule has 1 amide bonds. The fourth-order valence-electron chi connectivity index (χ4n) is 2.51. The van der Waals surface area contributed by atoms with Crippen LogP contribution in [-0.4, -0.2) is 31.6 Å². The minimum absolute atomic E-state index is 0.0875. The fourth-order valence-corrected chi connectivity index (χ4v) is 2.98. The summed E-state index contributed by atoms with van der Waals surface area (Å²) < 4.78 is 5.57. The molecular weight excluding hydrogens is 323 g/mol. The van der Waals surface area contributed by atoms with Crippen molar-refractivity contribution >= 4 is 29.1 Å². The molecule has 0 saturated carbocycles. The van der Waals surface area contributed by atoms with E-state index in [0.717, 1.165) is 19.5 Å². The van der Waals surface area contributed by atoms with Gasteiger partial charge in [0.15, 0.2) is 0 Å². The topological polar surface area (TPSA) is 50.4 Å². The van der Waals surface area contributed by atoms with Crippen LogP contribution in [0.5, 0.6) is 5.75 Å². The van der Waals surface area contributed by atoms with Crippen molar-refractivity contribution in [2.24, 2.45) is 5.92 Å². The van der Waals surface area contributed by atoms with Gasteiger partial charge >= 0.3 is 0 Å². The first kappa shape index (κ1) is 17.4. The highest BCUT2D eigenvalue weighted by molar-refractivity contribution is 6.35. The molecule has 2 rings (SSSR count). The molecule has 0 aromatic heterocycles. The number of hydrogen-bond acceptors (Lipinski definition) is 3. The van der Waals surface area contributed by atoms with Gasteiger partial charge in [-0.3, -0.25) is 4.79 Å². The Kier molecular flexibility index (Phi) is 6.80. The van der Waals surface area contributed by atoms with Crippen LogP contribution in [-0.2, 0) is 4.79 Å². The largest absolute Gasteiger partial charge is 0.492 e. The summed E-state index contributed by atoms with van der Waals surface area (Å²) in [5.74, 6) is 1.16. The van der Waals surface area contributed by atoms with Gasteiger partial charge in [0, 0.05) is 17.5 Å². The lowest BCUT2D eigenvalue weighted by Crippen LogP contribution is -2.48. The molecule has 0 aliphatic carbocycles. The second-order valence-electron chi connectivity index (χ2n) is 5.67. The third kappa shape index (κ3) is 5.34. The van der Waals surface area contributed by atoms with Crippen molar-refractivity contribution in [1.82, 2.24) is 10.6 Å². The number of rotatable bonds is 6. The van der Waals surface area contributed by atoms with E-state index in [9.17, 15) is 4.79 Å². The standard InChI is InChI=1S/C16H22Cl2N2O2/c1-11-10-19-7-6-14(11)20-16(21)3-2-8-22-15-5-4-12(17)9-13(15)18/h4-5,9,11,14,19H,2-3,6-8,10H2,1H3,(H,20,21). The number of piperidine rings is 1. The summed E-state index contributed by atoms with van der Waals surface area (Å²) in [7, 11) is 0. The molecule has 1 fully saturated rings. The maximum Gasteiger partial charge on any atom is 0.220 e. The van der Waals surface area contributed by atoms with Crippen LogP contribution >= 0.6 is 23.2 Å². The zero-order valence-corrected chi connectivity index (χ0v) is 14.2. The molecule has 1 saturated heterocycles. The van der Waals surface area contributed by atoms with E-state index in [4.69, 9.17) is 27.9 Å². The summed E-state index contributed by atoms with van der Waals surface area (Å²) in [6.07, 6.45) is 2.11. The highest BCUT2D eigenvalue weighted by atomic mass is 35.5. The fraction of sp³-hybridized carbons (Fsp3) is 0.562. The van der Waals surface area contributed by atoms with E-state index in [1.165, 1.54) is 0 Å². The van der Waals surface area contributed by atoms with Gasteiger partial charge in [0.05, 0.1) is 11.6 Å². The smallest absolute Gasteiger partial charge is 0.220 e. The Morgan fingerprint density at radius 3 is 3.00 bits per heavy atom. The second kappa shape index (κ2) is 8.61. The van der Waals surface area contributed by atoms with E-state index >= 15 is 0 Å². The van der Waals surface area contributed by atoms with E-state index in [2.05, 4.69) is 17.6 Å². The van der Waals surface area contributed by atoms with Gasteiger partial charge < -0.3 is 15.4 Å². The lowest BCUT2D eigenvalue weighted by molar-refractivity contribution is -0.122. The van der Waals surface area contributed by atoms with Crippen LogP contribution in [0.2, 0.25) is 10.0 Å². The van der Waals surface area contributed by atoms with Crippen molar-refractivity contribution in [2.45, 2.75) is 32.2 Å². The zero-order chi connectivity index (χ0) is 15.9. The molecule has 0 radical (unpaired) electrons. The van der Waals surface area contributed by atoms with Crippen LogP contribution in [0.4, 0.5) is 0 Å². The number of halogens is 2. The third-order valence-corrected chi connectivity index (χ3v) is 4.36. The average molecular weight is 345 g/mol. The van der Waals surface area contributed by atoms with Gasteiger partial charge in [-0.15, -0.1) is 0 Å². The predicted octanol–water partition coefficient (Wildman–Crippen LogP) is 3.27. The highest BCUT2D eigenvalue weighted by Crippen LogP contribution is 2.27. The van der Waals surface area contributed by atoms with Crippen LogP contribution in [0.15, 0.2) is 18.2 Å². The Balaban J connectivity index is 1.66. The number of nitrogens with one attached hydrogen (secondary N) is 2. The maximum atomic E-state index is 11.9. The van der Waals surface area contributed by atoms with Crippen LogP contribution in [0.25, 0.3) is 0 Å². The number of amides is 1. The van der Waals surface area contributed by atoms with Gasteiger partial charge in [-0.2, -0.15) is 0 Å². The number of benzene rings is 1. The molecule has 122 valence electrons. The van der Waals surface area contributed by atoms with Gasteiger partial charge in [0.2, 0.25) is 5.91 Å². The molecule has 1 heterocycles. The first-order valence-electron chi connectivity index (χ1n) is 7.64. The Bertz CT molecular complexity index is 511. The molecule has 1 aromatic rings. The SMILES string of the molecule is CC1CNCCC1NC(=O)CCCOc1ccc(Cl)cc1Cl. The van der Waals surface area contributed by atoms with Crippen LogP contribution in [0.3, 0.4) is 0 Å². The Labute approximate surface area is 141 Å². The van der Waals surface area contributed by atoms with Crippen LogP contribution in [0.1, 0.15) is 26.2 Å². The van der Waals surface area contributed by atoms with Gasteiger partial charge in [-0.25, -0.2) is 0 Å². The molecular formula is C16H22Cl2N2O2. The van der Waals surface area contributed by atoms with Gasteiger partial charge in [0.25, 0.3) is 0 Å². The lowest BCUT2D eigenvalue weighted by Gasteiger charge is -2.30. The van der Waals surface area contributed by atoms with E-state index in [-0.39, 0.29) is 11.9 Å². The molecule has 22 heavy (non-hydrogen) atoms. The molecule has 2 N–H and O–H groups in total. The summed E-state index contributed by atoms with van der Waals surface area (Å²) in [4.78, 5) is 11.9. The van der Waals surface area contributed by atoms with Crippen molar-refractivity contribution in [3.63, 3.8) is 0 Å². The van der Waals surface area contributed by atoms with Crippen molar-refractivity contribution in [1.29, 1.82) is 0 Å². The minimum atomic E-state index is 0.0875. The Morgan fingerprint density at radius 2 is 2.27 bits per heavy atom. The monoisotopic (exact) mass is 344 g/mol. The first-order chi connectivity index (χ1) is 10.6. The molecule has 1 aliphatic rings. The molecule has 4 nitrogen and oxygen atoms in total. The number of hydrogen-bond donors (Lipinski definition) is 2. The van der Waals surface area contributed by atoms with Gasteiger partial charge in [0.1, 0.15) is 5.75 Å². The number of carbonyl (C=O) groups excluding carboxylic acids is 1. The summed E-state index contributed by atoms with van der Waals surface area (Å²) >= 11 is 11.8. The van der Waals surface area contributed by atoms with Gasteiger partial charge in [-0.1, -0.05) is 30.1 Å². The minimum Gasteiger partial charge on any atom is -0.492 e. The highest BCUT2D eigenvalue weighted by Gasteiger charge is 2.22. The molecule has 2 unspecified atom stereocenters. The summed E-state index contributed by atoms with van der Waals surface area (Å²) in [5.41, 5.74) is 0. The van der Waals surface area contributed by atoms with E-state index in [1.807, 2.05) is 0 Å². The van der Waals surface area contributed by atoms with Gasteiger partial charge in [-0.05, 0) is 50.0 Å². The molecule has 2 atom stereocenters. The lowest BCUT2D eigenvalue weighted by atomic mass is 9.95. The van der Waals surface area contributed by atoms with E-state index in [1.54, 1.807) is 18.2 Å².